The number of carbonyl (C=O) groups is 1. The summed E-state index contributed by atoms with van der Waals surface area (Å²) in [7, 11) is 1.40. The van der Waals surface area contributed by atoms with Crippen molar-refractivity contribution in [1.29, 1.82) is 0 Å². The molecule has 29 heavy (non-hydrogen) atoms. The second-order valence-corrected chi connectivity index (χ2v) is 6.26. The van der Waals surface area contributed by atoms with Gasteiger partial charge in [0.05, 0.1) is 36.9 Å². The van der Waals surface area contributed by atoms with Crippen LogP contribution in [0, 0.1) is 12.7 Å². The number of halogens is 1. The minimum absolute atomic E-state index is 0.115. The summed E-state index contributed by atoms with van der Waals surface area (Å²) in [6.07, 6.45) is 3.01. The molecule has 0 radical (unpaired) electrons. The van der Waals surface area contributed by atoms with Crippen molar-refractivity contribution in [2.45, 2.75) is 13.8 Å². The van der Waals surface area contributed by atoms with Crippen LogP contribution in [0.1, 0.15) is 23.0 Å². The van der Waals surface area contributed by atoms with Crippen LogP contribution in [0.3, 0.4) is 0 Å². The average molecular weight is 399 g/mol. The molecule has 152 valence electrons. The van der Waals surface area contributed by atoms with Gasteiger partial charge in [-0.25, -0.2) is 19.0 Å². The van der Waals surface area contributed by atoms with Crippen LogP contribution in [-0.2, 0) is 0 Å². The number of hydrogen-bond acceptors (Lipinski definition) is 6. The van der Waals surface area contributed by atoms with Crippen LogP contribution in [-0.4, -0.2) is 62.5 Å². The maximum absolute atomic E-state index is 14.0. The molecule has 0 aliphatic heterocycles. The van der Waals surface area contributed by atoms with Crippen molar-refractivity contribution in [2.75, 3.05) is 26.8 Å². The third kappa shape index (κ3) is 4.09. The van der Waals surface area contributed by atoms with Gasteiger partial charge in [-0.2, -0.15) is 5.10 Å². The number of benzene rings is 1. The van der Waals surface area contributed by atoms with Crippen molar-refractivity contribution >= 4 is 5.91 Å². The number of carbonyl (C=O) groups excluding carboxylic acids is 1. The van der Waals surface area contributed by atoms with Crippen LogP contribution < -0.4 is 4.74 Å². The summed E-state index contributed by atoms with van der Waals surface area (Å²) >= 11 is 0. The molecule has 3 rings (SSSR count). The van der Waals surface area contributed by atoms with Gasteiger partial charge in [0.15, 0.2) is 11.6 Å². The highest BCUT2D eigenvalue weighted by molar-refractivity contribution is 5.95. The summed E-state index contributed by atoms with van der Waals surface area (Å²) in [5, 5.41) is 13.4. The van der Waals surface area contributed by atoms with E-state index in [1.54, 1.807) is 25.3 Å². The van der Waals surface area contributed by atoms with Crippen molar-refractivity contribution in [3.8, 4) is 23.0 Å². The van der Waals surface area contributed by atoms with Crippen molar-refractivity contribution in [1.82, 2.24) is 24.6 Å². The molecule has 0 bridgehead atoms. The number of amides is 1. The van der Waals surface area contributed by atoms with Gasteiger partial charge in [-0.05, 0) is 38.1 Å². The van der Waals surface area contributed by atoms with Gasteiger partial charge in [0.1, 0.15) is 0 Å². The number of likely N-dealkylation sites (N-methyl/N-ethyl adjacent to an activating group) is 1. The first-order valence-corrected chi connectivity index (χ1v) is 9.12. The molecular formula is C20H22FN5O3. The van der Waals surface area contributed by atoms with Gasteiger partial charge in [-0.15, -0.1) is 0 Å². The lowest BCUT2D eigenvalue weighted by atomic mass is 10.1. The van der Waals surface area contributed by atoms with Gasteiger partial charge in [0.2, 0.25) is 0 Å². The standard InChI is InChI=1S/C20H22FN5O3/c1-4-25(9-10-27)19(28)15-12-23-26(13(15)2)20-22-8-7-17(24-20)14-5-6-18(29-3)16(21)11-14/h5-8,11-12,27H,4,9-10H2,1-3H3. The molecule has 1 amide bonds. The Morgan fingerprint density at radius 2 is 2.14 bits per heavy atom. The number of rotatable bonds is 7. The maximum atomic E-state index is 14.0. The summed E-state index contributed by atoms with van der Waals surface area (Å²) in [4.78, 5) is 22.9. The molecule has 0 saturated heterocycles. The third-order valence-electron chi connectivity index (χ3n) is 4.56. The third-order valence-corrected chi connectivity index (χ3v) is 4.56. The maximum Gasteiger partial charge on any atom is 0.257 e. The second-order valence-electron chi connectivity index (χ2n) is 6.26. The first-order valence-electron chi connectivity index (χ1n) is 9.12. The van der Waals surface area contributed by atoms with Gasteiger partial charge in [0, 0.05) is 24.8 Å². The van der Waals surface area contributed by atoms with Crippen molar-refractivity contribution in [2.24, 2.45) is 0 Å². The zero-order valence-electron chi connectivity index (χ0n) is 16.5. The Kier molecular flexibility index (Phi) is 6.18. The van der Waals surface area contributed by atoms with Crippen LogP contribution >= 0.6 is 0 Å². The predicted molar refractivity (Wildman–Crippen MR) is 105 cm³/mol. The number of aromatic nitrogens is 4. The molecule has 0 spiro atoms. The van der Waals surface area contributed by atoms with Crippen LogP contribution in [0.15, 0.2) is 36.7 Å². The smallest absolute Gasteiger partial charge is 0.257 e. The van der Waals surface area contributed by atoms with E-state index in [2.05, 4.69) is 15.1 Å². The minimum atomic E-state index is -0.489. The van der Waals surface area contributed by atoms with Gasteiger partial charge in [0.25, 0.3) is 11.9 Å². The fourth-order valence-corrected chi connectivity index (χ4v) is 2.95. The monoisotopic (exact) mass is 399 g/mol. The molecule has 1 N–H and O–H groups in total. The summed E-state index contributed by atoms with van der Waals surface area (Å²) < 4.78 is 20.4. The first kappa shape index (κ1) is 20.4. The van der Waals surface area contributed by atoms with E-state index in [1.165, 1.54) is 35.0 Å². The van der Waals surface area contributed by atoms with E-state index in [-0.39, 0.29) is 30.8 Å². The second kappa shape index (κ2) is 8.78. The molecule has 0 saturated carbocycles. The number of nitrogens with zero attached hydrogens (tertiary/aromatic N) is 5. The lowest BCUT2D eigenvalue weighted by molar-refractivity contribution is 0.0731. The highest BCUT2D eigenvalue weighted by Gasteiger charge is 2.21. The van der Waals surface area contributed by atoms with E-state index < -0.39 is 5.82 Å². The van der Waals surface area contributed by atoms with Gasteiger partial charge in [-0.1, -0.05) is 0 Å². The molecule has 8 nitrogen and oxygen atoms in total. The van der Waals surface area contributed by atoms with Gasteiger partial charge >= 0.3 is 0 Å². The summed E-state index contributed by atoms with van der Waals surface area (Å²) in [5.41, 5.74) is 2.05. The molecule has 0 aliphatic carbocycles. The lowest BCUT2D eigenvalue weighted by Crippen LogP contribution is -2.33. The molecule has 9 heteroatoms. The number of aliphatic hydroxyl groups is 1. The quantitative estimate of drug-likeness (QED) is 0.655. The SMILES string of the molecule is CCN(CCO)C(=O)c1cnn(-c2nccc(-c3ccc(OC)c(F)c3)n2)c1C. The number of ether oxygens (including phenoxy) is 1. The fourth-order valence-electron chi connectivity index (χ4n) is 2.95. The highest BCUT2D eigenvalue weighted by atomic mass is 19.1. The molecule has 1 aromatic carbocycles. The van der Waals surface area contributed by atoms with E-state index in [0.29, 0.717) is 29.1 Å². The Balaban J connectivity index is 1.95. The largest absolute Gasteiger partial charge is 0.494 e. The Labute approximate surface area is 167 Å². The van der Waals surface area contributed by atoms with Crippen LogP contribution in [0.4, 0.5) is 4.39 Å². The van der Waals surface area contributed by atoms with E-state index in [0.717, 1.165) is 0 Å². The van der Waals surface area contributed by atoms with Crippen molar-refractivity contribution < 1.29 is 19.0 Å². The van der Waals surface area contributed by atoms with E-state index in [9.17, 15) is 9.18 Å². The lowest BCUT2D eigenvalue weighted by Gasteiger charge is -2.19. The highest BCUT2D eigenvalue weighted by Crippen LogP contribution is 2.24. The number of methoxy groups -OCH3 is 1. The summed E-state index contributed by atoms with van der Waals surface area (Å²) in [5.74, 6) is -0.298. The average Bonchev–Trinajstić information content (AvgIpc) is 3.12. The fraction of sp³-hybridized carbons (Fsp3) is 0.300. The van der Waals surface area contributed by atoms with E-state index in [4.69, 9.17) is 9.84 Å². The summed E-state index contributed by atoms with van der Waals surface area (Å²) in [6, 6.07) is 6.23. The number of aliphatic hydroxyl groups excluding tert-OH is 1. The zero-order valence-corrected chi connectivity index (χ0v) is 16.5. The van der Waals surface area contributed by atoms with Crippen LogP contribution in [0.25, 0.3) is 17.2 Å². The van der Waals surface area contributed by atoms with Crippen LogP contribution in [0.2, 0.25) is 0 Å². The molecule has 0 fully saturated rings. The molecule has 0 aliphatic rings. The Hall–Kier alpha value is -3.33. The van der Waals surface area contributed by atoms with E-state index in [1.807, 2.05) is 6.92 Å². The zero-order chi connectivity index (χ0) is 21.0. The molecule has 3 aromatic rings. The van der Waals surface area contributed by atoms with Crippen molar-refractivity contribution in [3.05, 3.63) is 53.7 Å². The van der Waals surface area contributed by atoms with E-state index >= 15 is 0 Å². The predicted octanol–water partition coefficient (Wildman–Crippen LogP) is 2.24. The Bertz CT molecular complexity index is 1020. The minimum Gasteiger partial charge on any atom is -0.494 e. The van der Waals surface area contributed by atoms with Gasteiger partial charge < -0.3 is 14.7 Å². The first-order chi connectivity index (χ1) is 14.0. The Morgan fingerprint density at radius 3 is 2.79 bits per heavy atom. The molecule has 2 heterocycles. The van der Waals surface area contributed by atoms with Gasteiger partial charge in [-0.3, -0.25) is 4.79 Å². The number of hydrogen-bond donors (Lipinski definition) is 1. The normalized spacial score (nSPS) is 10.8. The molecule has 0 unspecified atom stereocenters. The van der Waals surface area contributed by atoms with Crippen LogP contribution in [0.5, 0.6) is 5.75 Å². The van der Waals surface area contributed by atoms with Crippen molar-refractivity contribution in [3.63, 3.8) is 0 Å². The molecule has 0 atom stereocenters. The molecular weight excluding hydrogens is 377 g/mol. The topological polar surface area (TPSA) is 93.4 Å². The Morgan fingerprint density at radius 1 is 1.34 bits per heavy atom. The summed E-state index contributed by atoms with van der Waals surface area (Å²) in [6.45, 7) is 4.19. The molecule has 2 aromatic heterocycles.